The quantitative estimate of drug-likeness (QED) is 0.549. The minimum Gasteiger partial charge on any atom is -0.379 e. The van der Waals surface area contributed by atoms with E-state index in [1.807, 2.05) is 0 Å². The molecule has 4 rings (SSSR count). The molecule has 2 saturated heterocycles. The summed E-state index contributed by atoms with van der Waals surface area (Å²) in [7, 11) is 0. The maximum Gasteiger partial charge on any atom is 0.144 e. The molecule has 0 radical (unpaired) electrons. The molecule has 0 N–H and O–H groups in total. The SMILES string of the molecule is CC1(C)C[C@]2(C)O[C@@H]2[C@]2(N3CCOCC3)[C@H]1C2(Cl)Cl. The molecule has 2 saturated carbocycles. The lowest BCUT2D eigenvalue weighted by Gasteiger charge is -2.41. The van der Waals surface area contributed by atoms with Crippen LogP contribution in [0.25, 0.3) is 0 Å². The van der Waals surface area contributed by atoms with Crippen LogP contribution in [0.2, 0.25) is 0 Å². The van der Waals surface area contributed by atoms with Crippen LogP contribution in [0.3, 0.4) is 0 Å². The topological polar surface area (TPSA) is 25.0 Å². The van der Waals surface area contributed by atoms with Crippen molar-refractivity contribution < 1.29 is 9.47 Å². The molecule has 0 amide bonds. The van der Waals surface area contributed by atoms with Crippen LogP contribution >= 0.6 is 23.2 Å². The molecule has 19 heavy (non-hydrogen) atoms. The highest BCUT2D eigenvalue weighted by molar-refractivity contribution is 6.53. The third-order valence-electron chi connectivity index (χ3n) is 5.66. The third kappa shape index (κ3) is 1.37. The van der Waals surface area contributed by atoms with E-state index >= 15 is 0 Å². The molecule has 2 aliphatic heterocycles. The number of rotatable bonds is 1. The maximum atomic E-state index is 6.77. The summed E-state index contributed by atoms with van der Waals surface area (Å²) < 4.78 is 10.9. The van der Waals surface area contributed by atoms with Crippen molar-refractivity contribution >= 4 is 23.2 Å². The fraction of sp³-hybridized carbons (Fsp3) is 1.00. The van der Waals surface area contributed by atoms with E-state index in [2.05, 4.69) is 25.7 Å². The minimum atomic E-state index is -0.688. The summed E-state index contributed by atoms with van der Waals surface area (Å²) in [4.78, 5) is 2.44. The normalized spacial score (nSPS) is 54.2. The van der Waals surface area contributed by atoms with Gasteiger partial charge in [-0.05, 0) is 18.8 Å². The van der Waals surface area contributed by atoms with Crippen LogP contribution in [0.5, 0.6) is 0 Å². The van der Waals surface area contributed by atoms with Gasteiger partial charge in [0.1, 0.15) is 10.4 Å². The van der Waals surface area contributed by atoms with Crippen LogP contribution in [0, 0.1) is 11.3 Å². The first-order chi connectivity index (χ1) is 8.77. The van der Waals surface area contributed by atoms with Crippen molar-refractivity contribution in [3.8, 4) is 0 Å². The van der Waals surface area contributed by atoms with Crippen LogP contribution in [-0.2, 0) is 9.47 Å². The van der Waals surface area contributed by atoms with Crippen LogP contribution in [0.4, 0.5) is 0 Å². The largest absolute Gasteiger partial charge is 0.379 e. The molecule has 0 unspecified atom stereocenters. The minimum absolute atomic E-state index is 0.0379. The Morgan fingerprint density at radius 2 is 1.74 bits per heavy atom. The summed E-state index contributed by atoms with van der Waals surface area (Å²) in [5.41, 5.74) is -0.121. The number of epoxide rings is 1. The van der Waals surface area contributed by atoms with Crippen molar-refractivity contribution in [1.82, 2.24) is 4.90 Å². The fourth-order valence-electron chi connectivity index (χ4n) is 5.25. The molecule has 0 aromatic carbocycles. The van der Waals surface area contributed by atoms with Crippen molar-refractivity contribution in [2.24, 2.45) is 11.3 Å². The molecule has 0 spiro atoms. The number of alkyl halides is 2. The Bertz CT molecular complexity index is 435. The van der Waals surface area contributed by atoms with Gasteiger partial charge in [-0.3, -0.25) is 4.90 Å². The first kappa shape index (κ1) is 13.1. The monoisotopic (exact) mass is 305 g/mol. The highest BCUT2D eigenvalue weighted by Crippen LogP contribution is 2.81. The van der Waals surface area contributed by atoms with Gasteiger partial charge in [0.15, 0.2) is 0 Å². The molecular formula is C14H21Cl2NO2. The summed E-state index contributed by atoms with van der Waals surface area (Å²) in [5.74, 6) is 0.287. The molecule has 108 valence electrons. The van der Waals surface area contributed by atoms with Gasteiger partial charge in [-0.15, -0.1) is 0 Å². The first-order valence-corrected chi connectivity index (χ1v) is 7.91. The van der Waals surface area contributed by atoms with Crippen molar-refractivity contribution in [3.05, 3.63) is 0 Å². The smallest absolute Gasteiger partial charge is 0.144 e. The number of morpholine rings is 1. The Morgan fingerprint density at radius 3 is 2.37 bits per heavy atom. The third-order valence-corrected chi connectivity index (χ3v) is 6.70. The van der Waals surface area contributed by atoms with Crippen molar-refractivity contribution in [2.75, 3.05) is 26.3 Å². The average Bonchev–Trinajstić information content (AvgIpc) is 3.11. The van der Waals surface area contributed by atoms with Gasteiger partial charge in [0.25, 0.3) is 0 Å². The second kappa shape index (κ2) is 3.44. The van der Waals surface area contributed by atoms with E-state index in [1.54, 1.807) is 0 Å². The number of ether oxygens (including phenoxy) is 2. The van der Waals surface area contributed by atoms with Gasteiger partial charge < -0.3 is 9.47 Å². The Morgan fingerprint density at radius 1 is 1.11 bits per heavy atom. The van der Waals surface area contributed by atoms with Crippen LogP contribution in [0.1, 0.15) is 27.2 Å². The van der Waals surface area contributed by atoms with E-state index < -0.39 is 4.33 Å². The van der Waals surface area contributed by atoms with Crippen molar-refractivity contribution in [3.63, 3.8) is 0 Å². The van der Waals surface area contributed by atoms with E-state index in [4.69, 9.17) is 32.7 Å². The summed E-state index contributed by atoms with van der Waals surface area (Å²) >= 11 is 13.5. The summed E-state index contributed by atoms with van der Waals surface area (Å²) in [5, 5.41) is 0. The van der Waals surface area contributed by atoms with Gasteiger partial charge in [0.05, 0.1) is 24.4 Å². The summed E-state index contributed by atoms with van der Waals surface area (Å²) in [6.45, 7) is 10.1. The standard InChI is InChI=1S/C14H21Cl2NO2/c1-11(2)8-12(3)10(19-12)13(9(11)14(13,15)16)17-4-6-18-7-5-17/h9-10H,4-8H2,1-3H3/t9-,10-,12-,13+/m0/s1. The van der Waals surface area contributed by atoms with Crippen LogP contribution in [0.15, 0.2) is 0 Å². The van der Waals surface area contributed by atoms with Crippen molar-refractivity contribution in [1.29, 1.82) is 0 Å². The molecule has 4 aliphatic rings. The Hall–Kier alpha value is 0.460. The molecule has 4 fully saturated rings. The van der Waals surface area contributed by atoms with E-state index in [9.17, 15) is 0 Å². The van der Waals surface area contributed by atoms with Crippen LogP contribution < -0.4 is 0 Å². The molecule has 5 heteroatoms. The van der Waals surface area contributed by atoms with Gasteiger partial charge in [0, 0.05) is 19.0 Å². The van der Waals surface area contributed by atoms with Crippen molar-refractivity contribution in [2.45, 2.75) is 48.8 Å². The van der Waals surface area contributed by atoms with E-state index in [1.165, 1.54) is 0 Å². The highest BCUT2D eigenvalue weighted by atomic mass is 35.5. The number of nitrogens with zero attached hydrogens (tertiary/aromatic N) is 1. The van der Waals surface area contributed by atoms with Crippen LogP contribution in [-0.4, -0.2) is 52.8 Å². The van der Waals surface area contributed by atoms with E-state index in [0.29, 0.717) is 0 Å². The van der Waals surface area contributed by atoms with E-state index in [-0.39, 0.29) is 28.6 Å². The predicted molar refractivity (Wildman–Crippen MR) is 74.7 cm³/mol. The molecule has 0 aromatic rings. The number of fused-ring (bicyclic) bond motifs is 3. The van der Waals surface area contributed by atoms with Gasteiger partial charge in [-0.1, -0.05) is 37.0 Å². The predicted octanol–water partition coefficient (Wildman–Crippen LogP) is 2.45. The molecule has 4 atom stereocenters. The number of halogens is 2. The highest BCUT2D eigenvalue weighted by Gasteiger charge is 2.93. The zero-order chi connectivity index (χ0) is 13.7. The molecule has 0 bridgehead atoms. The van der Waals surface area contributed by atoms with Gasteiger partial charge in [0.2, 0.25) is 0 Å². The van der Waals surface area contributed by atoms with Gasteiger partial charge >= 0.3 is 0 Å². The zero-order valence-electron chi connectivity index (χ0n) is 11.7. The summed E-state index contributed by atoms with van der Waals surface area (Å²) in [6.07, 6.45) is 1.23. The Balaban J connectivity index is 1.77. The maximum absolute atomic E-state index is 6.77. The second-order valence-corrected chi connectivity index (χ2v) is 8.84. The second-order valence-electron chi connectivity index (χ2n) is 7.46. The Kier molecular flexibility index (Phi) is 2.38. The lowest BCUT2D eigenvalue weighted by molar-refractivity contribution is -0.0130. The number of hydrogen-bond donors (Lipinski definition) is 0. The lowest BCUT2D eigenvalue weighted by Crippen LogP contribution is -2.55. The first-order valence-electron chi connectivity index (χ1n) is 7.15. The molecule has 0 aromatic heterocycles. The number of hydrogen-bond acceptors (Lipinski definition) is 3. The fourth-order valence-corrected chi connectivity index (χ4v) is 6.72. The Labute approximate surface area is 124 Å². The summed E-state index contributed by atoms with van der Waals surface area (Å²) in [6, 6.07) is 0. The lowest BCUT2D eigenvalue weighted by atomic mass is 9.70. The molecule has 3 nitrogen and oxygen atoms in total. The van der Waals surface area contributed by atoms with E-state index in [0.717, 1.165) is 32.7 Å². The molecule has 2 heterocycles. The molecular weight excluding hydrogens is 285 g/mol. The zero-order valence-corrected chi connectivity index (χ0v) is 13.2. The molecule has 2 aliphatic carbocycles. The van der Waals surface area contributed by atoms with Gasteiger partial charge in [-0.2, -0.15) is 0 Å². The average molecular weight is 306 g/mol. The van der Waals surface area contributed by atoms with Gasteiger partial charge in [-0.25, -0.2) is 0 Å².